The molecule has 0 aliphatic carbocycles. The fourth-order valence-electron chi connectivity index (χ4n) is 3.57. The van der Waals surface area contributed by atoms with Crippen LogP contribution >= 0.6 is 11.8 Å². The second-order valence-corrected chi connectivity index (χ2v) is 8.15. The van der Waals surface area contributed by atoms with Gasteiger partial charge in [-0.1, -0.05) is 60.7 Å². The first kappa shape index (κ1) is 20.0. The molecular formula is C25H18N4O2S. The molecule has 7 heteroatoms. The van der Waals surface area contributed by atoms with Gasteiger partial charge in [-0.3, -0.25) is 9.59 Å². The molecule has 5 rings (SSSR count). The number of para-hydroxylation sites is 3. The zero-order chi connectivity index (χ0) is 22.1. The Morgan fingerprint density at radius 3 is 2.25 bits per heavy atom. The number of benzene rings is 3. The molecule has 0 unspecified atom stereocenters. The summed E-state index contributed by atoms with van der Waals surface area (Å²) in [6.45, 7) is 0. The highest BCUT2D eigenvalue weighted by molar-refractivity contribution is 8.18. The molecule has 0 saturated heterocycles. The van der Waals surface area contributed by atoms with E-state index < -0.39 is 5.78 Å². The number of hydrogen-bond donors (Lipinski definition) is 0. The Morgan fingerprint density at radius 1 is 0.906 bits per heavy atom. The molecule has 6 nitrogen and oxygen atoms in total. The van der Waals surface area contributed by atoms with E-state index in [9.17, 15) is 9.59 Å². The molecule has 4 aromatic rings. The van der Waals surface area contributed by atoms with E-state index in [1.807, 2.05) is 84.9 Å². The largest absolute Gasteiger partial charge is 0.324 e. The summed E-state index contributed by atoms with van der Waals surface area (Å²) >= 11 is 1.30. The number of fused-ring (bicyclic) bond motifs is 1. The number of hydrogen-bond acceptors (Lipinski definition) is 6. The van der Waals surface area contributed by atoms with Crippen molar-refractivity contribution in [3.63, 3.8) is 0 Å². The van der Waals surface area contributed by atoms with Gasteiger partial charge in [-0.25, -0.2) is 9.99 Å². The molecule has 0 bridgehead atoms. The van der Waals surface area contributed by atoms with Gasteiger partial charge >= 0.3 is 0 Å². The van der Waals surface area contributed by atoms with E-state index >= 15 is 0 Å². The molecule has 0 radical (unpaired) electrons. The van der Waals surface area contributed by atoms with Crippen LogP contribution in [0.25, 0.3) is 11.0 Å². The van der Waals surface area contributed by atoms with Gasteiger partial charge in [0.25, 0.3) is 0 Å². The zero-order valence-corrected chi connectivity index (χ0v) is 18.0. The van der Waals surface area contributed by atoms with Gasteiger partial charge in [0.05, 0.1) is 22.3 Å². The van der Waals surface area contributed by atoms with E-state index in [0.29, 0.717) is 21.9 Å². The number of thioether (sulfide) groups is 1. The highest BCUT2D eigenvalue weighted by Gasteiger charge is 2.31. The first-order valence-corrected chi connectivity index (χ1v) is 10.8. The monoisotopic (exact) mass is 438 g/mol. The van der Waals surface area contributed by atoms with Crippen molar-refractivity contribution in [1.82, 2.24) is 9.55 Å². The van der Waals surface area contributed by atoms with Gasteiger partial charge in [-0.2, -0.15) is 5.10 Å². The first-order chi connectivity index (χ1) is 15.7. The third-order valence-electron chi connectivity index (χ3n) is 5.18. The summed E-state index contributed by atoms with van der Waals surface area (Å²) in [5, 5.41) is 7.56. The second-order valence-electron chi connectivity index (χ2n) is 7.17. The van der Waals surface area contributed by atoms with Crippen molar-refractivity contribution >= 4 is 45.6 Å². The van der Waals surface area contributed by atoms with Gasteiger partial charge < -0.3 is 4.57 Å². The number of carbonyl (C=O) groups excluding carboxylic acids is 2. The van der Waals surface area contributed by atoms with E-state index in [-0.39, 0.29) is 11.4 Å². The molecule has 0 spiro atoms. The molecular weight excluding hydrogens is 420 g/mol. The van der Waals surface area contributed by atoms with Crippen molar-refractivity contribution in [2.24, 2.45) is 12.1 Å². The Bertz CT molecular complexity index is 1390. The molecule has 2 heterocycles. The van der Waals surface area contributed by atoms with E-state index in [0.717, 1.165) is 16.8 Å². The van der Waals surface area contributed by atoms with Crippen LogP contribution in [0.1, 0.15) is 16.2 Å². The second kappa shape index (κ2) is 8.28. The fraction of sp³-hybridized carbons (Fsp3) is 0.0400. The smallest absolute Gasteiger partial charge is 0.234 e. The maximum atomic E-state index is 13.5. The summed E-state index contributed by atoms with van der Waals surface area (Å²) in [4.78, 5) is 30.2. The fourth-order valence-corrected chi connectivity index (χ4v) is 4.62. The van der Waals surface area contributed by atoms with Crippen molar-refractivity contribution in [3.05, 3.63) is 107 Å². The van der Waals surface area contributed by atoms with Crippen LogP contribution < -0.4 is 5.01 Å². The Hall–Kier alpha value is -3.97. The zero-order valence-electron chi connectivity index (χ0n) is 17.2. The van der Waals surface area contributed by atoms with Crippen molar-refractivity contribution in [3.8, 4) is 0 Å². The minimum atomic E-state index is -0.438. The summed E-state index contributed by atoms with van der Waals surface area (Å²) in [6, 6.07) is 26.6. The van der Waals surface area contributed by atoms with E-state index in [1.165, 1.54) is 11.8 Å². The predicted octanol–water partition coefficient (Wildman–Crippen LogP) is 4.78. The summed E-state index contributed by atoms with van der Waals surface area (Å²) in [5.41, 5.74) is 3.22. The number of anilines is 1. The number of hydrazone groups is 1. The standard InChI is InChI=1S/C25H18N4O2S/c1-28-21-15-9-8-14-20(21)26-23(28)22(31)19(16-30)25-29(18-12-6-3-7-13-18)27-24(32-25)17-10-4-2-5-11-17/h2-16H,1H3/b25-19+. The molecule has 1 aromatic heterocycles. The van der Waals surface area contributed by atoms with Crippen LogP contribution in [0.4, 0.5) is 5.69 Å². The molecule has 0 N–H and O–H groups in total. The van der Waals surface area contributed by atoms with E-state index in [2.05, 4.69) is 4.98 Å². The number of ketones is 1. The predicted molar refractivity (Wildman–Crippen MR) is 128 cm³/mol. The van der Waals surface area contributed by atoms with Gasteiger partial charge in [-0.05, 0) is 36.0 Å². The third-order valence-corrected chi connectivity index (χ3v) is 6.28. The molecule has 3 aromatic carbocycles. The van der Waals surface area contributed by atoms with Crippen LogP contribution in [0.2, 0.25) is 0 Å². The Kier molecular flexibility index (Phi) is 5.17. The lowest BCUT2D eigenvalue weighted by Crippen LogP contribution is -2.18. The van der Waals surface area contributed by atoms with Gasteiger partial charge in [0.1, 0.15) is 10.1 Å². The molecule has 0 atom stereocenters. The van der Waals surface area contributed by atoms with Crippen LogP contribution in [-0.4, -0.2) is 26.7 Å². The van der Waals surface area contributed by atoms with Crippen molar-refractivity contribution < 1.29 is 9.59 Å². The van der Waals surface area contributed by atoms with Gasteiger partial charge in [-0.15, -0.1) is 0 Å². The minimum absolute atomic E-state index is 0.0203. The van der Waals surface area contributed by atoms with Gasteiger partial charge in [0.2, 0.25) is 5.78 Å². The first-order valence-electron chi connectivity index (χ1n) is 10.00. The maximum Gasteiger partial charge on any atom is 0.234 e. The van der Waals surface area contributed by atoms with Crippen LogP contribution in [0.3, 0.4) is 0 Å². The lowest BCUT2D eigenvalue weighted by molar-refractivity contribution is -0.104. The summed E-state index contributed by atoms with van der Waals surface area (Å²) in [6.07, 6.45) is 0.601. The number of aldehydes is 1. The minimum Gasteiger partial charge on any atom is -0.324 e. The third kappa shape index (κ3) is 3.42. The lowest BCUT2D eigenvalue weighted by atomic mass is 10.2. The number of rotatable bonds is 5. The van der Waals surface area contributed by atoms with Crippen molar-refractivity contribution in [2.75, 3.05) is 5.01 Å². The molecule has 0 saturated carbocycles. The molecule has 1 aliphatic heterocycles. The quantitative estimate of drug-likeness (QED) is 0.147. The average molecular weight is 439 g/mol. The van der Waals surface area contributed by atoms with Crippen LogP contribution in [0, 0.1) is 0 Å². The highest BCUT2D eigenvalue weighted by atomic mass is 32.2. The SMILES string of the molecule is Cn1c(C(=O)/C(C=O)=C2/SC(c3ccccc3)=NN2c2ccccc2)nc2ccccc21. The number of aryl methyl sites for hydroxylation is 1. The lowest BCUT2D eigenvalue weighted by Gasteiger charge is -2.16. The molecule has 1 aliphatic rings. The average Bonchev–Trinajstić information content (AvgIpc) is 3.43. The molecule has 156 valence electrons. The van der Waals surface area contributed by atoms with E-state index in [1.54, 1.807) is 16.6 Å². The highest BCUT2D eigenvalue weighted by Crippen LogP contribution is 2.39. The van der Waals surface area contributed by atoms with Crippen LogP contribution in [0.5, 0.6) is 0 Å². The van der Waals surface area contributed by atoms with Crippen molar-refractivity contribution in [2.45, 2.75) is 0 Å². The Balaban J connectivity index is 1.64. The summed E-state index contributed by atoms with van der Waals surface area (Å²) in [7, 11) is 1.78. The topological polar surface area (TPSA) is 67.6 Å². The normalized spacial score (nSPS) is 15.0. The van der Waals surface area contributed by atoms with Gasteiger partial charge in [0.15, 0.2) is 12.1 Å². The van der Waals surface area contributed by atoms with Crippen molar-refractivity contribution in [1.29, 1.82) is 0 Å². The Morgan fingerprint density at radius 2 is 1.56 bits per heavy atom. The molecule has 0 fully saturated rings. The summed E-state index contributed by atoms with van der Waals surface area (Å²) in [5.74, 6) is -0.228. The van der Waals surface area contributed by atoms with Gasteiger partial charge in [0, 0.05) is 12.6 Å². The van der Waals surface area contributed by atoms with Crippen LogP contribution in [-0.2, 0) is 11.8 Å². The molecule has 32 heavy (non-hydrogen) atoms. The maximum absolute atomic E-state index is 13.5. The number of aromatic nitrogens is 2. The number of Topliss-reactive ketones (excluding diaryl/α,β-unsaturated/α-hetero) is 1. The Labute approximate surface area is 188 Å². The number of nitrogens with zero attached hydrogens (tertiary/aromatic N) is 4. The number of carbonyl (C=O) groups is 2. The number of allylic oxidation sites excluding steroid dienone is 1. The summed E-state index contributed by atoms with van der Waals surface area (Å²) < 4.78 is 1.72. The van der Waals surface area contributed by atoms with Crippen LogP contribution in [0.15, 0.2) is 101 Å². The molecule has 0 amide bonds. The van der Waals surface area contributed by atoms with E-state index in [4.69, 9.17) is 5.10 Å². The number of imidazole rings is 1.